The Hall–Kier alpha value is 0.100. The maximum absolute atomic E-state index is 5.07. The van der Waals surface area contributed by atoms with Crippen molar-refractivity contribution in [3.05, 3.63) is 20.8 Å². The van der Waals surface area contributed by atoms with Crippen molar-refractivity contribution in [3.63, 3.8) is 0 Å². The highest BCUT2D eigenvalue weighted by molar-refractivity contribution is 9.10. The minimum Gasteiger partial charge on any atom is -0.383 e. The lowest BCUT2D eigenvalue weighted by Gasteiger charge is -2.31. The van der Waals surface area contributed by atoms with Crippen molar-refractivity contribution >= 4 is 27.3 Å². The fraction of sp³-hybridized carbons (Fsp3) is 0.714. The van der Waals surface area contributed by atoms with E-state index in [1.807, 2.05) is 11.3 Å². The number of ether oxygens (including phenoxy) is 1. The zero-order chi connectivity index (χ0) is 13.6. The molecule has 0 radical (unpaired) electrons. The third kappa shape index (κ3) is 5.39. The average Bonchev–Trinajstić information content (AvgIpc) is 2.67. The summed E-state index contributed by atoms with van der Waals surface area (Å²) < 4.78 is 6.32. The van der Waals surface area contributed by atoms with Crippen molar-refractivity contribution in [2.45, 2.75) is 27.2 Å². The van der Waals surface area contributed by atoms with Crippen molar-refractivity contribution in [3.8, 4) is 0 Å². The number of hydrogen-bond acceptors (Lipinski definition) is 3. The van der Waals surface area contributed by atoms with Crippen molar-refractivity contribution in [2.24, 2.45) is 11.3 Å². The monoisotopic (exact) mass is 333 g/mol. The molecule has 104 valence electrons. The van der Waals surface area contributed by atoms with Crippen LogP contribution in [-0.2, 0) is 11.2 Å². The van der Waals surface area contributed by atoms with Gasteiger partial charge >= 0.3 is 0 Å². The van der Waals surface area contributed by atoms with Gasteiger partial charge in [0.15, 0.2) is 0 Å². The summed E-state index contributed by atoms with van der Waals surface area (Å²) in [6, 6.07) is 2.14. The van der Waals surface area contributed by atoms with E-state index in [9.17, 15) is 0 Å². The number of rotatable bonds is 7. The van der Waals surface area contributed by atoms with Gasteiger partial charge in [-0.2, -0.15) is 0 Å². The summed E-state index contributed by atoms with van der Waals surface area (Å²) in [6.45, 7) is 9.69. The summed E-state index contributed by atoms with van der Waals surface area (Å²) in [7, 11) is 1.74. The maximum atomic E-state index is 5.07. The van der Waals surface area contributed by atoms with Gasteiger partial charge in [-0.1, -0.05) is 20.8 Å². The Kier molecular flexibility index (Phi) is 6.85. The third-order valence-electron chi connectivity index (χ3n) is 3.22. The third-order valence-corrected chi connectivity index (χ3v) is 5.17. The van der Waals surface area contributed by atoms with Crippen molar-refractivity contribution in [1.29, 1.82) is 0 Å². The Bertz CT molecular complexity index is 346. The minimum atomic E-state index is 0.309. The second-order valence-electron chi connectivity index (χ2n) is 5.66. The summed E-state index contributed by atoms with van der Waals surface area (Å²) in [5.74, 6) is 0.629. The zero-order valence-corrected chi connectivity index (χ0v) is 14.2. The lowest BCUT2D eigenvalue weighted by molar-refractivity contribution is 0.186. The van der Waals surface area contributed by atoms with E-state index < -0.39 is 0 Å². The Morgan fingerprint density at radius 3 is 2.67 bits per heavy atom. The van der Waals surface area contributed by atoms with Crippen LogP contribution in [0.15, 0.2) is 15.9 Å². The van der Waals surface area contributed by atoms with Crippen molar-refractivity contribution in [2.75, 3.05) is 26.8 Å². The molecule has 0 spiro atoms. The summed E-state index contributed by atoms with van der Waals surface area (Å²) >= 11 is 5.46. The first kappa shape index (κ1) is 16.2. The average molecular weight is 334 g/mol. The van der Waals surface area contributed by atoms with E-state index in [-0.39, 0.29) is 0 Å². The lowest BCUT2D eigenvalue weighted by Crippen LogP contribution is -2.34. The first-order chi connectivity index (χ1) is 8.45. The number of halogens is 1. The minimum absolute atomic E-state index is 0.309. The standard InChI is InChI=1S/C14H24BrNOS/c1-14(2,3)11(10-16-6-7-17-4)9-13-12(15)5-8-18-13/h5,8,11,16H,6-7,9-10H2,1-4H3. The molecule has 0 amide bonds. The molecule has 1 unspecified atom stereocenters. The first-order valence-corrected chi connectivity index (χ1v) is 8.04. The van der Waals surface area contributed by atoms with Gasteiger partial charge in [0.25, 0.3) is 0 Å². The van der Waals surface area contributed by atoms with Crippen molar-refractivity contribution in [1.82, 2.24) is 5.32 Å². The molecule has 1 N–H and O–H groups in total. The van der Waals surface area contributed by atoms with Gasteiger partial charge in [0.2, 0.25) is 0 Å². The Balaban J connectivity index is 2.54. The maximum Gasteiger partial charge on any atom is 0.0587 e. The molecule has 0 saturated carbocycles. The number of thiophene rings is 1. The van der Waals surface area contributed by atoms with Gasteiger partial charge in [0.1, 0.15) is 0 Å². The molecule has 0 bridgehead atoms. The molecule has 0 aliphatic rings. The van der Waals surface area contributed by atoms with E-state index in [0.717, 1.165) is 26.1 Å². The quantitative estimate of drug-likeness (QED) is 0.763. The van der Waals surface area contributed by atoms with Crippen LogP contribution in [0.5, 0.6) is 0 Å². The van der Waals surface area contributed by atoms with E-state index in [1.165, 1.54) is 9.35 Å². The molecule has 0 aliphatic heterocycles. The predicted molar refractivity (Wildman–Crippen MR) is 83.4 cm³/mol. The highest BCUT2D eigenvalue weighted by Gasteiger charge is 2.25. The van der Waals surface area contributed by atoms with E-state index >= 15 is 0 Å². The second kappa shape index (κ2) is 7.63. The van der Waals surface area contributed by atoms with E-state index in [4.69, 9.17) is 4.74 Å². The number of nitrogens with one attached hydrogen (secondary N) is 1. The predicted octanol–water partition coefficient (Wildman–Crippen LogP) is 3.95. The van der Waals surface area contributed by atoms with Gasteiger partial charge in [-0.15, -0.1) is 11.3 Å². The van der Waals surface area contributed by atoms with Crippen LogP contribution < -0.4 is 5.32 Å². The molecule has 0 aliphatic carbocycles. The summed E-state index contributed by atoms with van der Waals surface area (Å²) in [4.78, 5) is 1.45. The highest BCUT2D eigenvalue weighted by Crippen LogP contribution is 2.33. The molecule has 1 rings (SSSR count). The summed E-state index contributed by atoms with van der Waals surface area (Å²) in [5.41, 5.74) is 0.309. The largest absolute Gasteiger partial charge is 0.383 e. The zero-order valence-electron chi connectivity index (χ0n) is 11.8. The summed E-state index contributed by atoms with van der Waals surface area (Å²) in [6.07, 6.45) is 1.13. The van der Waals surface area contributed by atoms with Crippen molar-refractivity contribution < 1.29 is 4.74 Å². The van der Waals surface area contributed by atoms with E-state index in [0.29, 0.717) is 11.3 Å². The molecule has 1 aromatic heterocycles. The SMILES string of the molecule is COCCNCC(Cc1sccc1Br)C(C)(C)C. The summed E-state index contributed by atoms with van der Waals surface area (Å²) in [5, 5.41) is 5.64. The highest BCUT2D eigenvalue weighted by atomic mass is 79.9. The van der Waals surface area contributed by atoms with Gasteiger partial charge < -0.3 is 10.1 Å². The number of hydrogen-bond donors (Lipinski definition) is 1. The van der Waals surface area contributed by atoms with E-state index in [1.54, 1.807) is 7.11 Å². The van der Waals surface area contributed by atoms with Gasteiger partial charge in [-0.25, -0.2) is 0 Å². The Morgan fingerprint density at radius 1 is 1.44 bits per heavy atom. The Morgan fingerprint density at radius 2 is 2.17 bits per heavy atom. The van der Waals surface area contributed by atoms with Crippen LogP contribution in [0.1, 0.15) is 25.6 Å². The fourth-order valence-electron chi connectivity index (χ4n) is 1.83. The van der Waals surface area contributed by atoms with Crippen LogP contribution in [0.25, 0.3) is 0 Å². The van der Waals surface area contributed by atoms with Gasteiger partial charge in [0.05, 0.1) is 6.61 Å². The molecule has 1 aromatic rings. The molecule has 18 heavy (non-hydrogen) atoms. The second-order valence-corrected chi connectivity index (χ2v) is 7.51. The molecule has 1 heterocycles. The van der Waals surface area contributed by atoms with E-state index in [2.05, 4.69) is 53.5 Å². The molecule has 0 fully saturated rings. The van der Waals surface area contributed by atoms with Gasteiger partial charge in [-0.05, 0) is 51.7 Å². The normalized spacial score (nSPS) is 13.8. The topological polar surface area (TPSA) is 21.3 Å². The lowest BCUT2D eigenvalue weighted by atomic mass is 9.78. The van der Waals surface area contributed by atoms with Crippen LogP contribution in [0.2, 0.25) is 0 Å². The molecule has 4 heteroatoms. The molecule has 0 saturated heterocycles. The van der Waals surface area contributed by atoms with Crippen LogP contribution in [0.4, 0.5) is 0 Å². The van der Waals surface area contributed by atoms with Crippen LogP contribution >= 0.6 is 27.3 Å². The van der Waals surface area contributed by atoms with Crippen LogP contribution in [0, 0.1) is 11.3 Å². The molecule has 2 nitrogen and oxygen atoms in total. The molecular weight excluding hydrogens is 310 g/mol. The first-order valence-electron chi connectivity index (χ1n) is 6.36. The number of methoxy groups -OCH3 is 1. The molecular formula is C14H24BrNOS. The van der Waals surface area contributed by atoms with Gasteiger partial charge in [-0.3, -0.25) is 0 Å². The Labute approximate surface area is 123 Å². The van der Waals surface area contributed by atoms with Gasteiger partial charge in [0, 0.05) is 23.0 Å². The molecule has 0 aromatic carbocycles. The molecule has 1 atom stereocenters. The fourth-order valence-corrected chi connectivity index (χ4v) is 3.43. The van der Waals surface area contributed by atoms with Crippen LogP contribution in [-0.4, -0.2) is 26.8 Å². The van der Waals surface area contributed by atoms with Crippen LogP contribution in [0.3, 0.4) is 0 Å². The smallest absolute Gasteiger partial charge is 0.0587 e.